The van der Waals surface area contributed by atoms with Gasteiger partial charge in [0.15, 0.2) is 0 Å². The van der Waals surface area contributed by atoms with Crippen molar-refractivity contribution in [3.63, 3.8) is 0 Å². The highest BCUT2D eigenvalue weighted by Crippen LogP contribution is 2.49. The standard InChI is InChI=1S/C14H30N2O2S/c1-12(2,3)14(8-9-14)15-10-11-16(13(4,5)6)19(7,17)18/h15H,8-11H2,1-7H3. The molecule has 0 heterocycles. The Morgan fingerprint density at radius 2 is 1.58 bits per heavy atom. The summed E-state index contributed by atoms with van der Waals surface area (Å²) in [5.74, 6) is 0. The van der Waals surface area contributed by atoms with E-state index in [9.17, 15) is 8.42 Å². The molecule has 1 rings (SSSR count). The fourth-order valence-corrected chi connectivity index (χ4v) is 4.13. The highest BCUT2D eigenvalue weighted by atomic mass is 32.2. The van der Waals surface area contributed by atoms with Crippen LogP contribution in [-0.2, 0) is 10.0 Å². The lowest BCUT2D eigenvalue weighted by atomic mass is 9.84. The minimum atomic E-state index is -3.16. The molecule has 0 radical (unpaired) electrons. The van der Waals surface area contributed by atoms with Crippen LogP contribution in [0.15, 0.2) is 0 Å². The number of nitrogens with one attached hydrogen (secondary N) is 1. The molecule has 0 unspecified atom stereocenters. The van der Waals surface area contributed by atoms with E-state index in [0.29, 0.717) is 13.1 Å². The summed E-state index contributed by atoms with van der Waals surface area (Å²) in [7, 11) is -3.16. The smallest absolute Gasteiger partial charge is 0.211 e. The Kier molecular flexibility index (Phi) is 4.46. The van der Waals surface area contributed by atoms with Gasteiger partial charge < -0.3 is 5.32 Å². The number of hydrogen-bond donors (Lipinski definition) is 1. The van der Waals surface area contributed by atoms with Crippen LogP contribution in [0.4, 0.5) is 0 Å². The lowest BCUT2D eigenvalue weighted by Crippen LogP contribution is -2.51. The lowest BCUT2D eigenvalue weighted by Gasteiger charge is -2.36. The van der Waals surface area contributed by atoms with Gasteiger partial charge in [-0.25, -0.2) is 8.42 Å². The molecule has 0 aromatic carbocycles. The van der Waals surface area contributed by atoms with E-state index in [1.54, 1.807) is 4.31 Å². The van der Waals surface area contributed by atoms with E-state index in [1.165, 1.54) is 19.1 Å². The molecule has 1 N–H and O–H groups in total. The average molecular weight is 290 g/mol. The summed E-state index contributed by atoms with van der Waals surface area (Å²) >= 11 is 0. The van der Waals surface area contributed by atoms with Crippen molar-refractivity contribution in [3.05, 3.63) is 0 Å². The van der Waals surface area contributed by atoms with E-state index in [2.05, 4.69) is 26.1 Å². The zero-order valence-electron chi connectivity index (χ0n) is 13.5. The second-order valence-corrected chi connectivity index (χ2v) is 9.67. The SMILES string of the molecule is CC(C)(C)N(CCNC1(C(C)(C)C)CC1)S(C)(=O)=O. The predicted molar refractivity (Wildman–Crippen MR) is 80.7 cm³/mol. The average Bonchev–Trinajstić information content (AvgIpc) is 2.87. The van der Waals surface area contributed by atoms with Crippen LogP contribution in [0.2, 0.25) is 0 Å². The van der Waals surface area contributed by atoms with Crippen molar-refractivity contribution in [1.29, 1.82) is 0 Å². The van der Waals surface area contributed by atoms with Crippen LogP contribution >= 0.6 is 0 Å². The van der Waals surface area contributed by atoms with Gasteiger partial charge >= 0.3 is 0 Å². The molecule has 114 valence electrons. The van der Waals surface area contributed by atoms with Crippen LogP contribution in [-0.4, -0.2) is 43.1 Å². The van der Waals surface area contributed by atoms with Gasteiger partial charge in [-0.3, -0.25) is 0 Å². The fourth-order valence-electron chi connectivity index (χ4n) is 2.71. The van der Waals surface area contributed by atoms with E-state index < -0.39 is 10.0 Å². The van der Waals surface area contributed by atoms with Crippen molar-refractivity contribution >= 4 is 10.0 Å². The van der Waals surface area contributed by atoms with Crippen LogP contribution in [0.1, 0.15) is 54.4 Å². The maximum atomic E-state index is 11.8. The Hall–Kier alpha value is -0.130. The van der Waals surface area contributed by atoms with Crippen molar-refractivity contribution in [1.82, 2.24) is 9.62 Å². The third-order valence-corrected chi connectivity index (χ3v) is 5.64. The quantitative estimate of drug-likeness (QED) is 0.844. The van der Waals surface area contributed by atoms with Gasteiger partial charge in [0.05, 0.1) is 6.26 Å². The lowest BCUT2D eigenvalue weighted by molar-refractivity contribution is 0.215. The molecule has 0 aromatic heterocycles. The van der Waals surface area contributed by atoms with Crippen molar-refractivity contribution < 1.29 is 8.42 Å². The zero-order valence-corrected chi connectivity index (χ0v) is 14.3. The molecule has 0 atom stereocenters. The highest BCUT2D eigenvalue weighted by Gasteiger charge is 2.51. The van der Waals surface area contributed by atoms with E-state index in [0.717, 1.165) is 0 Å². The first-order valence-corrected chi connectivity index (χ1v) is 8.87. The molecule has 0 spiro atoms. The van der Waals surface area contributed by atoms with E-state index >= 15 is 0 Å². The first-order chi connectivity index (χ1) is 8.30. The molecule has 1 aliphatic carbocycles. The summed E-state index contributed by atoms with van der Waals surface area (Å²) in [6, 6.07) is 0. The third-order valence-electron chi connectivity index (χ3n) is 4.11. The summed E-state index contributed by atoms with van der Waals surface area (Å²) in [4.78, 5) is 0. The van der Waals surface area contributed by atoms with Gasteiger partial charge in [0, 0.05) is 24.2 Å². The van der Waals surface area contributed by atoms with E-state index in [4.69, 9.17) is 0 Å². The zero-order chi connectivity index (χ0) is 15.1. The topological polar surface area (TPSA) is 49.4 Å². The van der Waals surface area contributed by atoms with Gasteiger partial charge in [0.2, 0.25) is 10.0 Å². The van der Waals surface area contributed by atoms with Crippen molar-refractivity contribution in [3.8, 4) is 0 Å². The first-order valence-electron chi connectivity index (χ1n) is 7.02. The molecular weight excluding hydrogens is 260 g/mol. The van der Waals surface area contributed by atoms with Crippen molar-refractivity contribution in [2.45, 2.75) is 65.5 Å². The largest absolute Gasteiger partial charge is 0.309 e. The Balaban J connectivity index is 2.61. The van der Waals surface area contributed by atoms with Gasteiger partial charge in [-0.1, -0.05) is 20.8 Å². The van der Waals surface area contributed by atoms with E-state index in [1.807, 2.05) is 20.8 Å². The van der Waals surface area contributed by atoms with Crippen molar-refractivity contribution in [2.75, 3.05) is 19.3 Å². The molecular formula is C14H30N2O2S. The minimum Gasteiger partial charge on any atom is -0.309 e. The monoisotopic (exact) mass is 290 g/mol. The molecule has 19 heavy (non-hydrogen) atoms. The van der Waals surface area contributed by atoms with Crippen LogP contribution in [0.25, 0.3) is 0 Å². The predicted octanol–water partition coefficient (Wildman–Crippen LogP) is 2.21. The second-order valence-electron chi connectivity index (χ2n) is 7.76. The Bertz CT molecular complexity index is 412. The molecule has 5 heteroatoms. The third kappa shape index (κ3) is 4.17. The molecule has 4 nitrogen and oxygen atoms in total. The molecule has 0 amide bonds. The van der Waals surface area contributed by atoms with Crippen LogP contribution in [0, 0.1) is 5.41 Å². The maximum absolute atomic E-state index is 11.8. The van der Waals surface area contributed by atoms with Crippen LogP contribution < -0.4 is 5.32 Å². The molecule has 1 fully saturated rings. The highest BCUT2D eigenvalue weighted by molar-refractivity contribution is 7.88. The first kappa shape index (κ1) is 16.9. The Labute approximate surface area is 119 Å². The number of rotatable bonds is 5. The molecule has 0 saturated heterocycles. The van der Waals surface area contributed by atoms with Crippen molar-refractivity contribution in [2.24, 2.45) is 5.41 Å². The fraction of sp³-hybridized carbons (Fsp3) is 1.00. The van der Waals surface area contributed by atoms with E-state index in [-0.39, 0.29) is 16.5 Å². The van der Waals surface area contributed by atoms with Gasteiger partial charge in [-0.2, -0.15) is 4.31 Å². The summed E-state index contributed by atoms with van der Waals surface area (Å²) in [6.07, 6.45) is 3.66. The molecule has 0 aromatic rings. The van der Waals surface area contributed by atoms with Gasteiger partial charge in [0.1, 0.15) is 0 Å². The summed E-state index contributed by atoms with van der Waals surface area (Å²) in [5, 5.41) is 3.58. The molecule has 1 saturated carbocycles. The normalized spacial score (nSPS) is 19.8. The molecule has 1 aliphatic rings. The Morgan fingerprint density at radius 1 is 1.11 bits per heavy atom. The molecule has 0 bridgehead atoms. The second kappa shape index (κ2) is 5.01. The summed E-state index contributed by atoms with van der Waals surface area (Å²) in [6.45, 7) is 13.8. The summed E-state index contributed by atoms with van der Waals surface area (Å²) in [5.41, 5.74) is 0.0619. The van der Waals surface area contributed by atoms with Gasteiger partial charge in [-0.15, -0.1) is 0 Å². The number of nitrogens with zero attached hydrogens (tertiary/aromatic N) is 1. The minimum absolute atomic E-state index is 0.202. The molecule has 0 aliphatic heterocycles. The number of sulfonamides is 1. The maximum Gasteiger partial charge on any atom is 0.211 e. The summed E-state index contributed by atoms with van der Waals surface area (Å²) < 4.78 is 25.3. The van der Waals surface area contributed by atoms with Gasteiger partial charge in [-0.05, 0) is 39.0 Å². The Morgan fingerprint density at radius 3 is 1.84 bits per heavy atom. The van der Waals surface area contributed by atoms with Gasteiger partial charge in [0.25, 0.3) is 0 Å². The van der Waals surface area contributed by atoms with Crippen LogP contribution in [0.3, 0.4) is 0 Å². The van der Waals surface area contributed by atoms with Crippen LogP contribution in [0.5, 0.6) is 0 Å². The number of hydrogen-bond acceptors (Lipinski definition) is 3.